The monoisotopic (exact) mass is 256 g/mol. The molecule has 1 rings (SSSR count). The van der Waals surface area contributed by atoms with E-state index in [0.29, 0.717) is 0 Å². The fourth-order valence-electron chi connectivity index (χ4n) is 2.55. The SMILES string of the molecule is CNCCC1(NC(=O)OC(C)(C)C)CCCCC1. The minimum Gasteiger partial charge on any atom is -0.444 e. The topological polar surface area (TPSA) is 50.4 Å². The molecule has 0 aromatic heterocycles. The van der Waals surface area contributed by atoms with E-state index in [1.165, 1.54) is 19.3 Å². The van der Waals surface area contributed by atoms with Crippen molar-refractivity contribution in [3.05, 3.63) is 0 Å². The second kappa shape index (κ2) is 6.41. The van der Waals surface area contributed by atoms with Gasteiger partial charge in [0.25, 0.3) is 0 Å². The second-order valence-corrected chi connectivity index (χ2v) is 6.32. The van der Waals surface area contributed by atoms with Crippen LogP contribution in [0.4, 0.5) is 4.79 Å². The number of rotatable bonds is 4. The van der Waals surface area contributed by atoms with Gasteiger partial charge in [0, 0.05) is 5.54 Å². The smallest absolute Gasteiger partial charge is 0.408 e. The minimum atomic E-state index is -0.428. The molecule has 1 saturated carbocycles. The van der Waals surface area contributed by atoms with Crippen LogP contribution in [0.2, 0.25) is 0 Å². The molecular formula is C14H28N2O2. The Morgan fingerprint density at radius 1 is 1.22 bits per heavy atom. The molecule has 0 heterocycles. The zero-order valence-electron chi connectivity index (χ0n) is 12.3. The third-order valence-corrected chi connectivity index (χ3v) is 3.43. The van der Waals surface area contributed by atoms with Gasteiger partial charge >= 0.3 is 6.09 Å². The summed E-state index contributed by atoms with van der Waals surface area (Å²) in [5.74, 6) is 0. The molecule has 106 valence electrons. The van der Waals surface area contributed by atoms with Crippen molar-refractivity contribution >= 4 is 6.09 Å². The molecule has 4 heteroatoms. The van der Waals surface area contributed by atoms with Crippen molar-refractivity contribution in [2.45, 2.75) is 70.4 Å². The first-order valence-corrected chi connectivity index (χ1v) is 7.03. The average Bonchev–Trinajstić information content (AvgIpc) is 2.25. The molecule has 1 aliphatic carbocycles. The first-order valence-electron chi connectivity index (χ1n) is 7.03. The summed E-state index contributed by atoms with van der Waals surface area (Å²) >= 11 is 0. The van der Waals surface area contributed by atoms with Crippen molar-refractivity contribution in [2.24, 2.45) is 0 Å². The lowest BCUT2D eigenvalue weighted by atomic mass is 9.79. The van der Waals surface area contributed by atoms with Gasteiger partial charge in [-0.1, -0.05) is 19.3 Å². The molecule has 0 radical (unpaired) electrons. The van der Waals surface area contributed by atoms with Crippen LogP contribution < -0.4 is 10.6 Å². The van der Waals surface area contributed by atoms with E-state index in [9.17, 15) is 4.79 Å². The van der Waals surface area contributed by atoms with Crippen molar-refractivity contribution in [2.75, 3.05) is 13.6 Å². The molecule has 0 saturated heterocycles. The standard InChI is InChI=1S/C14H28N2O2/c1-13(2,3)18-12(17)16-14(10-11-15-4)8-6-5-7-9-14/h15H,5-11H2,1-4H3,(H,16,17). The van der Waals surface area contributed by atoms with Gasteiger partial charge in [-0.15, -0.1) is 0 Å². The van der Waals surface area contributed by atoms with Crippen molar-refractivity contribution in [3.8, 4) is 0 Å². The Balaban J connectivity index is 2.57. The molecular weight excluding hydrogens is 228 g/mol. The first-order chi connectivity index (χ1) is 8.37. The van der Waals surface area contributed by atoms with Gasteiger partial charge < -0.3 is 15.4 Å². The van der Waals surface area contributed by atoms with Crippen LogP contribution in [0.5, 0.6) is 0 Å². The highest BCUT2D eigenvalue weighted by atomic mass is 16.6. The van der Waals surface area contributed by atoms with E-state index in [1.54, 1.807) is 0 Å². The summed E-state index contributed by atoms with van der Waals surface area (Å²) in [4.78, 5) is 11.9. The number of nitrogens with one attached hydrogen (secondary N) is 2. The van der Waals surface area contributed by atoms with Crippen LogP contribution >= 0.6 is 0 Å². The van der Waals surface area contributed by atoms with Crippen LogP contribution in [0.15, 0.2) is 0 Å². The molecule has 0 atom stereocenters. The van der Waals surface area contributed by atoms with Gasteiger partial charge in [0.2, 0.25) is 0 Å². The highest BCUT2D eigenvalue weighted by Crippen LogP contribution is 2.31. The summed E-state index contributed by atoms with van der Waals surface area (Å²) in [5, 5.41) is 6.29. The normalized spacial score (nSPS) is 19.3. The fourth-order valence-corrected chi connectivity index (χ4v) is 2.55. The molecule has 18 heavy (non-hydrogen) atoms. The number of alkyl carbamates (subject to hydrolysis) is 1. The maximum Gasteiger partial charge on any atom is 0.408 e. The molecule has 0 bridgehead atoms. The van der Waals surface area contributed by atoms with Gasteiger partial charge in [-0.2, -0.15) is 0 Å². The van der Waals surface area contributed by atoms with E-state index < -0.39 is 5.60 Å². The van der Waals surface area contributed by atoms with Crippen LogP contribution in [0.25, 0.3) is 0 Å². The maximum absolute atomic E-state index is 11.9. The summed E-state index contributed by atoms with van der Waals surface area (Å²) < 4.78 is 5.38. The Hall–Kier alpha value is -0.770. The molecule has 1 aliphatic rings. The van der Waals surface area contributed by atoms with E-state index >= 15 is 0 Å². The zero-order valence-corrected chi connectivity index (χ0v) is 12.3. The largest absolute Gasteiger partial charge is 0.444 e. The Morgan fingerprint density at radius 2 is 1.83 bits per heavy atom. The van der Waals surface area contributed by atoms with Crippen molar-refractivity contribution < 1.29 is 9.53 Å². The summed E-state index contributed by atoms with van der Waals surface area (Å²) in [6.07, 6.45) is 6.49. The molecule has 0 aliphatic heterocycles. The quantitative estimate of drug-likeness (QED) is 0.813. The highest BCUT2D eigenvalue weighted by Gasteiger charge is 2.34. The number of ether oxygens (including phenoxy) is 1. The summed E-state index contributed by atoms with van der Waals surface area (Å²) in [6, 6.07) is 0. The van der Waals surface area contributed by atoms with E-state index in [-0.39, 0.29) is 11.6 Å². The van der Waals surface area contributed by atoms with E-state index in [4.69, 9.17) is 4.74 Å². The first kappa shape index (κ1) is 15.3. The van der Waals surface area contributed by atoms with Gasteiger partial charge in [0.05, 0.1) is 0 Å². The highest BCUT2D eigenvalue weighted by molar-refractivity contribution is 5.68. The van der Waals surface area contributed by atoms with E-state index in [2.05, 4.69) is 10.6 Å². The lowest BCUT2D eigenvalue weighted by Crippen LogP contribution is -2.52. The van der Waals surface area contributed by atoms with Crippen LogP contribution in [-0.4, -0.2) is 30.8 Å². The van der Waals surface area contributed by atoms with Crippen molar-refractivity contribution in [1.29, 1.82) is 0 Å². The van der Waals surface area contributed by atoms with Gasteiger partial charge in [-0.05, 0) is 53.6 Å². The Bertz CT molecular complexity index is 265. The van der Waals surface area contributed by atoms with Gasteiger partial charge in [-0.25, -0.2) is 4.79 Å². The third kappa shape index (κ3) is 5.25. The van der Waals surface area contributed by atoms with Crippen LogP contribution in [-0.2, 0) is 4.74 Å². The Kier molecular flexibility index (Phi) is 5.45. The minimum absolute atomic E-state index is 0.0659. The number of hydrogen-bond donors (Lipinski definition) is 2. The number of carbonyl (C=O) groups excluding carboxylic acids is 1. The van der Waals surface area contributed by atoms with Gasteiger partial charge in [0.1, 0.15) is 5.60 Å². The fraction of sp³-hybridized carbons (Fsp3) is 0.929. The van der Waals surface area contributed by atoms with Crippen LogP contribution in [0, 0.1) is 0 Å². The van der Waals surface area contributed by atoms with Crippen LogP contribution in [0.1, 0.15) is 59.3 Å². The number of amides is 1. The predicted octanol–water partition coefficient (Wildman–Crippen LogP) is 2.82. The Morgan fingerprint density at radius 3 is 2.33 bits per heavy atom. The van der Waals surface area contributed by atoms with E-state index in [1.807, 2.05) is 27.8 Å². The molecule has 0 spiro atoms. The van der Waals surface area contributed by atoms with Crippen molar-refractivity contribution in [3.63, 3.8) is 0 Å². The summed E-state index contributed by atoms with van der Waals surface area (Å²) in [5.41, 5.74) is -0.494. The summed E-state index contributed by atoms with van der Waals surface area (Å²) in [6.45, 7) is 6.62. The van der Waals surface area contributed by atoms with E-state index in [0.717, 1.165) is 25.8 Å². The summed E-state index contributed by atoms with van der Waals surface area (Å²) in [7, 11) is 1.95. The lowest BCUT2D eigenvalue weighted by molar-refractivity contribution is 0.0416. The van der Waals surface area contributed by atoms with Gasteiger partial charge in [0.15, 0.2) is 0 Å². The molecule has 0 aromatic rings. The lowest BCUT2D eigenvalue weighted by Gasteiger charge is -2.38. The molecule has 0 unspecified atom stereocenters. The van der Waals surface area contributed by atoms with Crippen LogP contribution in [0.3, 0.4) is 0 Å². The van der Waals surface area contributed by atoms with Crippen molar-refractivity contribution in [1.82, 2.24) is 10.6 Å². The molecule has 2 N–H and O–H groups in total. The Labute approximate surface area is 111 Å². The number of carbonyl (C=O) groups is 1. The zero-order chi connectivity index (χ0) is 13.6. The van der Waals surface area contributed by atoms with Gasteiger partial charge in [-0.3, -0.25) is 0 Å². The second-order valence-electron chi connectivity index (χ2n) is 6.32. The molecule has 4 nitrogen and oxygen atoms in total. The average molecular weight is 256 g/mol. The maximum atomic E-state index is 11.9. The molecule has 1 fully saturated rings. The third-order valence-electron chi connectivity index (χ3n) is 3.43. The predicted molar refractivity (Wildman–Crippen MR) is 73.7 cm³/mol. The number of hydrogen-bond acceptors (Lipinski definition) is 3. The molecule has 1 amide bonds. The molecule has 0 aromatic carbocycles.